The fraction of sp³-hybridized carbons (Fsp3) is 0.143. The second-order valence-corrected chi connectivity index (χ2v) is 6.06. The van der Waals surface area contributed by atoms with E-state index in [1.54, 1.807) is 62.6 Å². The van der Waals surface area contributed by atoms with Crippen molar-refractivity contribution in [2.75, 3.05) is 24.9 Å². The fourth-order valence-electron chi connectivity index (χ4n) is 2.62. The Balaban J connectivity index is 1.84. The van der Waals surface area contributed by atoms with Crippen LogP contribution in [-0.4, -0.2) is 30.1 Å². The van der Waals surface area contributed by atoms with E-state index in [9.17, 15) is 4.79 Å². The second-order valence-electron chi connectivity index (χ2n) is 6.06. The van der Waals surface area contributed by atoms with Crippen molar-refractivity contribution in [1.29, 1.82) is 5.26 Å². The number of carbonyl (C=O) groups is 1. The molecular formula is C21H19N5O3. The van der Waals surface area contributed by atoms with Crippen LogP contribution in [0.1, 0.15) is 21.7 Å². The van der Waals surface area contributed by atoms with E-state index in [0.29, 0.717) is 34.1 Å². The predicted octanol–water partition coefficient (Wildman–Crippen LogP) is 3.67. The molecule has 0 spiro atoms. The first-order valence-corrected chi connectivity index (χ1v) is 8.68. The van der Waals surface area contributed by atoms with Crippen LogP contribution in [-0.2, 0) is 0 Å². The molecule has 0 bridgehead atoms. The molecule has 2 aromatic carbocycles. The molecule has 0 aliphatic carbocycles. The molecule has 1 heterocycles. The Morgan fingerprint density at radius 1 is 1.07 bits per heavy atom. The number of nitrogens with zero attached hydrogens (tertiary/aromatic N) is 3. The van der Waals surface area contributed by atoms with Crippen LogP contribution in [0.2, 0.25) is 0 Å². The maximum absolute atomic E-state index is 12.7. The number of nitrogens with one attached hydrogen (secondary N) is 2. The minimum absolute atomic E-state index is 0.189. The van der Waals surface area contributed by atoms with Gasteiger partial charge in [0.15, 0.2) is 0 Å². The molecule has 0 aliphatic rings. The van der Waals surface area contributed by atoms with Gasteiger partial charge in [0.05, 0.1) is 31.5 Å². The van der Waals surface area contributed by atoms with E-state index in [-0.39, 0.29) is 11.6 Å². The minimum Gasteiger partial charge on any atom is -0.497 e. The first-order chi connectivity index (χ1) is 14.0. The van der Waals surface area contributed by atoms with Gasteiger partial charge in [0, 0.05) is 17.4 Å². The summed E-state index contributed by atoms with van der Waals surface area (Å²) in [7, 11) is 3.06. The van der Waals surface area contributed by atoms with Gasteiger partial charge in [-0.1, -0.05) is 6.07 Å². The van der Waals surface area contributed by atoms with Crippen LogP contribution in [0.15, 0.2) is 48.5 Å². The van der Waals surface area contributed by atoms with E-state index in [1.165, 1.54) is 7.11 Å². The number of carbonyl (C=O) groups excluding carboxylic acids is 1. The molecule has 0 atom stereocenters. The highest BCUT2D eigenvalue weighted by atomic mass is 16.5. The maximum atomic E-state index is 12.7. The molecule has 1 amide bonds. The van der Waals surface area contributed by atoms with Gasteiger partial charge in [-0.3, -0.25) is 4.79 Å². The Morgan fingerprint density at radius 2 is 1.90 bits per heavy atom. The topological polar surface area (TPSA) is 109 Å². The number of aryl methyl sites for hydroxylation is 1. The van der Waals surface area contributed by atoms with Crippen LogP contribution >= 0.6 is 0 Å². The molecule has 0 saturated carbocycles. The van der Waals surface area contributed by atoms with E-state index in [0.717, 1.165) is 0 Å². The number of anilines is 3. The third-order valence-electron chi connectivity index (χ3n) is 3.99. The number of rotatable bonds is 6. The van der Waals surface area contributed by atoms with E-state index in [1.807, 2.05) is 0 Å². The number of aromatic nitrogens is 2. The smallest absolute Gasteiger partial charge is 0.274 e. The highest BCUT2D eigenvalue weighted by Crippen LogP contribution is 2.29. The molecule has 8 heteroatoms. The van der Waals surface area contributed by atoms with Gasteiger partial charge < -0.3 is 20.1 Å². The van der Waals surface area contributed by atoms with Gasteiger partial charge in [-0.25, -0.2) is 9.97 Å². The number of nitriles is 1. The lowest BCUT2D eigenvalue weighted by atomic mass is 10.2. The molecule has 29 heavy (non-hydrogen) atoms. The highest BCUT2D eigenvalue weighted by Gasteiger charge is 2.14. The Morgan fingerprint density at radius 3 is 2.62 bits per heavy atom. The minimum atomic E-state index is -0.409. The lowest BCUT2D eigenvalue weighted by molar-refractivity contribution is 0.102. The van der Waals surface area contributed by atoms with Gasteiger partial charge in [-0.15, -0.1) is 0 Å². The molecule has 1 aromatic heterocycles. The van der Waals surface area contributed by atoms with Crippen molar-refractivity contribution in [3.8, 4) is 17.6 Å². The molecule has 0 aliphatic heterocycles. The molecule has 0 fully saturated rings. The number of hydrogen-bond acceptors (Lipinski definition) is 7. The number of hydrogen-bond donors (Lipinski definition) is 2. The van der Waals surface area contributed by atoms with Crippen molar-refractivity contribution in [1.82, 2.24) is 9.97 Å². The fourth-order valence-corrected chi connectivity index (χ4v) is 2.62. The normalized spacial score (nSPS) is 10.0. The van der Waals surface area contributed by atoms with Crippen LogP contribution in [0.3, 0.4) is 0 Å². The second kappa shape index (κ2) is 8.71. The SMILES string of the molecule is COc1ccc(NC(=O)c2cc(C)nc(Nc3cccc(C#N)c3)n2)c(OC)c1. The van der Waals surface area contributed by atoms with Crippen molar-refractivity contribution < 1.29 is 14.3 Å². The summed E-state index contributed by atoms with van der Waals surface area (Å²) in [5, 5.41) is 14.8. The largest absolute Gasteiger partial charge is 0.497 e. The van der Waals surface area contributed by atoms with Gasteiger partial charge in [0.25, 0.3) is 5.91 Å². The van der Waals surface area contributed by atoms with Crippen molar-refractivity contribution >= 4 is 23.2 Å². The summed E-state index contributed by atoms with van der Waals surface area (Å²) in [6.45, 7) is 1.77. The van der Waals surface area contributed by atoms with Gasteiger partial charge in [0.2, 0.25) is 5.95 Å². The Labute approximate surface area is 168 Å². The van der Waals surface area contributed by atoms with Gasteiger partial charge >= 0.3 is 0 Å². The van der Waals surface area contributed by atoms with E-state index >= 15 is 0 Å². The summed E-state index contributed by atoms with van der Waals surface area (Å²) in [5.41, 5.74) is 2.45. The summed E-state index contributed by atoms with van der Waals surface area (Å²) in [5.74, 6) is 0.929. The van der Waals surface area contributed by atoms with Crippen LogP contribution in [0.25, 0.3) is 0 Å². The summed E-state index contributed by atoms with van der Waals surface area (Å²) in [6, 6.07) is 15.7. The zero-order valence-electron chi connectivity index (χ0n) is 16.2. The molecular weight excluding hydrogens is 370 g/mol. The molecule has 3 rings (SSSR count). The van der Waals surface area contributed by atoms with Crippen LogP contribution in [0.4, 0.5) is 17.3 Å². The number of amides is 1. The van der Waals surface area contributed by atoms with Crippen LogP contribution in [0.5, 0.6) is 11.5 Å². The number of ether oxygens (including phenoxy) is 2. The van der Waals surface area contributed by atoms with Crippen LogP contribution < -0.4 is 20.1 Å². The van der Waals surface area contributed by atoms with Crippen molar-refractivity contribution in [2.45, 2.75) is 6.92 Å². The standard InChI is InChI=1S/C21H19N5O3/c1-13-9-18(20(27)25-17-8-7-16(28-2)11-19(17)29-3)26-21(23-13)24-15-6-4-5-14(10-15)12-22/h4-11H,1-3H3,(H,25,27)(H,23,24,26). The highest BCUT2D eigenvalue weighted by molar-refractivity contribution is 6.04. The lowest BCUT2D eigenvalue weighted by Gasteiger charge is -2.12. The molecule has 2 N–H and O–H groups in total. The predicted molar refractivity (Wildman–Crippen MR) is 109 cm³/mol. The Bertz CT molecular complexity index is 1090. The average Bonchev–Trinajstić information content (AvgIpc) is 2.73. The number of benzene rings is 2. The summed E-state index contributed by atoms with van der Waals surface area (Å²) >= 11 is 0. The lowest BCUT2D eigenvalue weighted by Crippen LogP contribution is -2.16. The Hall–Kier alpha value is -4.12. The quantitative estimate of drug-likeness (QED) is 0.662. The zero-order valence-corrected chi connectivity index (χ0v) is 16.2. The number of methoxy groups -OCH3 is 2. The summed E-state index contributed by atoms with van der Waals surface area (Å²) in [6.07, 6.45) is 0. The third kappa shape index (κ3) is 4.78. The average molecular weight is 389 g/mol. The first-order valence-electron chi connectivity index (χ1n) is 8.68. The molecule has 3 aromatic rings. The summed E-state index contributed by atoms with van der Waals surface area (Å²) in [4.78, 5) is 21.3. The first kappa shape index (κ1) is 19.6. The zero-order chi connectivity index (χ0) is 20.8. The molecule has 0 saturated heterocycles. The van der Waals surface area contributed by atoms with Gasteiger partial charge in [-0.2, -0.15) is 5.26 Å². The van der Waals surface area contributed by atoms with Crippen molar-refractivity contribution in [3.63, 3.8) is 0 Å². The third-order valence-corrected chi connectivity index (χ3v) is 3.99. The van der Waals surface area contributed by atoms with E-state index in [2.05, 4.69) is 26.7 Å². The van der Waals surface area contributed by atoms with E-state index < -0.39 is 5.91 Å². The van der Waals surface area contributed by atoms with E-state index in [4.69, 9.17) is 14.7 Å². The Kier molecular flexibility index (Phi) is 5.90. The molecule has 146 valence electrons. The maximum Gasteiger partial charge on any atom is 0.274 e. The van der Waals surface area contributed by atoms with Crippen molar-refractivity contribution in [3.05, 3.63) is 65.5 Å². The van der Waals surface area contributed by atoms with Gasteiger partial charge in [-0.05, 0) is 43.3 Å². The van der Waals surface area contributed by atoms with Gasteiger partial charge in [0.1, 0.15) is 17.2 Å². The molecule has 0 unspecified atom stereocenters. The molecule has 8 nitrogen and oxygen atoms in total. The van der Waals surface area contributed by atoms with Crippen LogP contribution in [0, 0.1) is 18.3 Å². The van der Waals surface area contributed by atoms with Crippen molar-refractivity contribution in [2.24, 2.45) is 0 Å². The molecule has 0 radical (unpaired) electrons. The summed E-state index contributed by atoms with van der Waals surface area (Å²) < 4.78 is 10.5. The monoisotopic (exact) mass is 389 g/mol.